The summed E-state index contributed by atoms with van der Waals surface area (Å²) in [6, 6.07) is 0. The molecule has 0 aromatic rings. The maximum absolute atomic E-state index is 13.0. The van der Waals surface area contributed by atoms with E-state index in [0.29, 0.717) is 6.54 Å². The highest BCUT2D eigenvalue weighted by Gasteiger charge is 2.44. The third-order valence-electron chi connectivity index (χ3n) is 2.92. The molecule has 12 heavy (non-hydrogen) atoms. The van der Waals surface area contributed by atoms with E-state index >= 15 is 0 Å². The van der Waals surface area contributed by atoms with Gasteiger partial charge in [0, 0.05) is 24.9 Å². The van der Waals surface area contributed by atoms with E-state index in [2.05, 4.69) is 5.32 Å². The van der Waals surface area contributed by atoms with Crippen LogP contribution in [0.15, 0.2) is 0 Å². The Balaban J connectivity index is 2.68. The predicted octanol–water partition coefficient (Wildman–Crippen LogP) is 2.42. The van der Waals surface area contributed by atoms with E-state index in [0.717, 1.165) is 0 Å². The molecule has 0 aliphatic carbocycles. The van der Waals surface area contributed by atoms with Gasteiger partial charge >= 0.3 is 0 Å². The largest absolute Gasteiger partial charge is 0.311 e. The highest BCUT2D eigenvalue weighted by Crippen LogP contribution is 2.36. The topological polar surface area (TPSA) is 12.0 Å². The van der Waals surface area contributed by atoms with Crippen LogP contribution in [-0.4, -0.2) is 18.0 Å². The second kappa shape index (κ2) is 2.95. The fourth-order valence-electron chi connectivity index (χ4n) is 1.63. The van der Waals surface area contributed by atoms with Gasteiger partial charge in [-0.25, -0.2) is 8.78 Å². The summed E-state index contributed by atoms with van der Waals surface area (Å²) < 4.78 is 26.0. The Morgan fingerprint density at radius 3 is 2.25 bits per heavy atom. The Morgan fingerprint density at radius 2 is 1.92 bits per heavy atom. The summed E-state index contributed by atoms with van der Waals surface area (Å²) in [5.41, 5.74) is -0.387. The van der Waals surface area contributed by atoms with E-state index < -0.39 is 5.92 Å². The molecule has 0 bridgehead atoms. The van der Waals surface area contributed by atoms with Gasteiger partial charge in [0.15, 0.2) is 0 Å². The SMILES string of the molecule is CC(C)C1(C)CC(F)(F)CCN1. The average Bonchev–Trinajstić information content (AvgIpc) is 1.83. The number of alkyl halides is 2. The van der Waals surface area contributed by atoms with E-state index in [-0.39, 0.29) is 24.3 Å². The van der Waals surface area contributed by atoms with Crippen molar-refractivity contribution in [1.29, 1.82) is 0 Å². The van der Waals surface area contributed by atoms with E-state index in [1.165, 1.54) is 0 Å². The van der Waals surface area contributed by atoms with Crippen molar-refractivity contribution >= 4 is 0 Å². The van der Waals surface area contributed by atoms with Crippen LogP contribution in [0.5, 0.6) is 0 Å². The second-order valence-electron chi connectivity index (χ2n) is 4.28. The van der Waals surface area contributed by atoms with E-state index in [1.54, 1.807) is 0 Å². The van der Waals surface area contributed by atoms with E-state index in [1.807, 2.05) is 20.8 Å². The third-order valence-corrected chi connectivity index (χ3v) is 2.92. The zero-order chi connectivity index (χ0) is 9.41. The van der Waals surface area contributed by atoms with Gasteiger partial charge in [-0.2, -0.15) is 0 Å². The Kier molecular flexibility index (Phi) is 2.43. The highest BCUT2D eigenvalue weighted by atomic mass is 19.3. The van der Waals surface area contributed by atoms with Crippen LogP contribution >= 0.6 is 0 Å². The zero-order valence-corrected chi connectivity index (χ0v) is 7.95. The summed E-state index contributed by atoms with van der Waals surface area (Å²) in [6.07, 6.45) is -0.0486. The summed E-state index contributed by atoms with van der Waals surface area (Å²) >= 11 is 0. The molecule has 72 valence electrons. The fraction of sp³-hybridized carbons (Fsp3) is 1.00. The van der Waals surface area contributed by atoms with Crippen LogP contribution in [0.1, 0.15) is 33.6 Å². The normalized spacial score (nSPS) is 35.5. The van der Waals surface area contributed by atoms with Gasteiger partial charge in [-0.1, -0.05) is 13.8 Å². The molecule has 0 aromatic carbocycles. The molecule has 1 heterocycles. The number of halogens is 2. The Hall–Kier alpha value is -0.180. The predicted molar refractivity (Wildman–Crippen MR) is 45.4 cm³/mol. The second-order valence-corrected chi connectivity index (χ2v) is 4.28. The fourth-order valence-corrected chi connectivity index (χ4v) is 1.63. The number of rotatable bonds is 1. The summed E-state index contributed by atoms with van der Waals surface area (Å²) in [6.45, 7) is 6.27. The number of hydrogen-bond acceptors (Lipinski definition) is 1. The van der Waals surface area contributed by atoms with Crippen molar-refractivity contribution in [3.05, 3.63) is 0 Å². The molecule has 1 N–H and O–H groups in total. The average molecular weight is 177 g/mol. The van der Waals surface area contributed by atoms with E-state index in [9.17, 15) is 8.78 Å². The molecular formula is C9H17F2N. The Labute approximate surface area is 72.5 Å². The third kappa shape index (κ3) is 1.94. The van der Waals surface area contributed by atoms with Crippen molar-refractivity contribution in [3.63, 3.8) is 0 Å². The van der Waals surface area contributed by atoms with Gasteiger partial charge in [-0.3, -0.25) is 0 Å². The molecule has 1 unspecified atom stereocenters. The van der Waals surface area contributed by atoms with Gasteiger partial charge in [0.05, 0.1) is 0 Å². The minimum Gasteiger partial charge on any atom is -0.311 e. The first-order valence-corrected chi connectivity index (χ1v) is 4.49. The van der Waals surface area contributed by atoms with Crippen LogP contribution in [0, 0.1) is 5.92 Å². The minimum atomic E-state index is -2.47. The molecule has 1 aliphatic heterocycles. The highest BCUT2D eigenvalue weighted by molar-refractivity contribution is 4.95. The molecule has 0 saturated carbocycles. The first-order valence-electron chi connectivity index (χ1n) is 4.49. The van der Waals surface area contributed by atoms with Crippen LogP contribution in [0.2, 0.25) is 0 Å². The van der Waals surface area contributed by atoms with Gasteiger partial charge < -0.3 is 5.32 Å². The molecular weight excluding hydrogens is 160 g/mol. The lowest BCUT2D eigenvalue weighted by atomic mass is 9.79. The lowest BCUT2D eigenvalue weighted by Crippen LogP contribution is -2.55. The number of piperidine rings is 1. The molecule has 3 heteroatoms. The summed E-state index contributed by atoms with van der Waals surface area (Å²) in [5, 5.41) is 3.17. The van der Waals surface area contributed by atoms with Gasteiger partial charge in [-0.05, 0) is 12.8 Å². The molecule has 0 spiro atoms. The Morgan fingerprint density at radius 1 is 1.33 bits per heavy atom. The van der Waals surface area contributed by atoms with E-state index in [4.69, 9.17) is 0 Å². The number of nitrogens with one attached hydrogen (secondary N) is 1. The molecule has 1 rings (SSSR count). The Bertz CT molecular complexity index is 168. The van der Waals surface area contributed by atoms with Crippen molar-refractivity contribution in [3.8, 4) is 0 Å². The maximum atomic E-state index is 13.0. The minimum absolute atomic E-state index is 0.0185. The van der Waals surface area contributed by atoms with Crippen LogP contribution in [-0.2, 0) is 0 Å². The van der Waals surface area contributed by atoms with Crippen LogP contribution < -0.4 is 5.32 Å². The first-order chi connectivity index (χ1) is 5.36. The van der Waals surface area contributed by atoms with Gasteiger partial charge in [0.1, 0.15) is 0 Å². The molecule has 1 atom stereocenters. The smallest absolute Gasteiger partial charge is 0.251 e. The number of hydrogen-bond donors (Lipinski definition) is 1. The monoisotopic (exact) mass is 177 g/mol. The quantitative estimate of drug-likeness (QED) is 0.648. The maximum Gasteiger partial charge on any atom is 0.251 e. The molecule has 0 aromatic heterocycles. The molecule has 1 fully saturated rings. The van der Waals surface area contributed by atoms with Crippen molar-refractivity contribution < 1.29 is 8.78 Å². The van der Waals surface area contributed by atoms with Gasteiger partial charge in [0.25, 0.3) is 5.92 Å². The lowest BCUT2D eigenvalue weighted by Gasteiger charge is -2.42. The molecule has 0 radical (unpaired) electrons. The van der Waals surface area contributed by atoms with Crippen molar-refractivity contribution in [1.82, 2.24) is 5.32 Å². The molecule has 1 saturated heterocycles. The van der Waals surface area contributed by atoms with Crippen LogP contribution in [0.4, 0.5) is 8.78 Å². The summed E-state index contributed by atoms with van der Waals surface area (Å²) in [5.74, 6) is -2.21. The van der Waals surface area contributed by atoms with Crippen molar-refractivity contribution in [2.45, 2.75) is 45.1 Å². The van der Waals surface area contributed by atoms with Crippen LogP contribution in [0.3, 0.4) is 0 Å². The molecule has 1 aliphatic rings. The van der Waals surface area contributed by atoms with Gasteiger partial charge in [0.2, 0.25) is 0 Å². The summed E-state index contributed by atoms with van der Waals surface area (Å²) in [7, 11) is 0. The molecule has 0 amide bonds. The zero-order valence-electron chi connectivity index (χ0n) is 7.95. The van der Waals surface area contributed by atoms with Crippen molar-refractivity contribution in [2.24, 2.45) is 5.92 Å². The first kappa shape index (κ1) is 9.90. The van der Waals surface area contributed by atoms with Gasteiger partial charge in [-0.15, -0.1) is 0 Å². The van der Waals surface area contributed by atoms with Crippen molar-refractivity contribution in [2.75, 3.05) is 6.54 Å². The molecule has 1 nitrogen and oxygen atoms in total. The van der Waals surface area contributed by atoms with Crippen LogP contribution in [0.25, 0.3) is 0 Å². The summed E-state index contributed by atoms with van der Waals surface area (Å²) in [4.78, 5) is 0. The standard InChI is InChI=1S/C9H17F2N/c1-7(2)8(3)6-9(10,11)4-5-12-8/h7,12H,4-6H2,1-3H3. The lowest BCUT2D eigenvalue weighted by molar-refractivity contribution is -0.0687.